The molecule has 0 saturated heterocycles. The van der Waals surface area contributed by atoms with E-state index in [4.69, 9.17) is 0 Å². The van der Waals surface area contributed by atoms with Gasteiger partial charge in [0.15, 0.2) is 0 Å². The van der Waals surface area contributed by atoms with Crippen molar-refractivity contribution in [2.45, 2.75) is 11.0 Å². The molecule has 70 valence electrons. The summed E-state index contributed by atoms with van der Waals surface area (Å²) in [6.45, 7) is 0. The summed E-state index contributed by atoms with van der Waals surface area (Å²) in [5, 5.41) is 0. The maximum atomic E-state index is 11.0. The summed E-state index contributed by atoms with van der Waals surface area (Å²) in [5.41, 5.74) is -12.5. The Bertz CT molecular complexity index is 215. The van der Waals surface area contributed by atoms with Crippen molar-refractivity contribution in [3.63, 3.8) is 0 Å². The summed E-state index contributed by atoms with van der Waals surface area (Å²) in [4.78, 5) is 0. The summed E-state index contributed by atoms with van der Waals surface area (Å²) >= 11 is 0. The number of alkyl halides is 6. The molecule has 0 rings (SSSR count). The van der Waals surface area contributed by atoms with Gasteiger partial charge in [-0.2, -0.15) is 26.3 Å². The van der Waals surface area contributed by atoms with Crippen molar-refractivity contribution in [1.29, 1.82) is 0 Å². The first-order valence-corrected chi connectivity index (χ1v) is 3.36. The van der Waals surface area contributed by atoms with E-state index in [-0.39, 0.29) is 51.4 Å². The summed E-state index contributed by atoms with van der Waals surface area (Å²) in [6.07, 6.45) is 0. The average Bonchev–Trinajstić information content (AvgIpc) is 1.58. The Kier molecular flexibility index (Phi) is 5.38. The van der Waals surface area contributed by atoms with Crippen LogP contribution in [0, 0.1) is 0 Å². The zero-order chi connectivity index (χ0) is 9.50. The van der Waals surface area contributed by atoms with Crippen LogP contribution < -0.4 is 0 Å². The molecule has 0 bridgehead atoms. The van der Waals surface area contributed by atoms with Gasteiger partial charge in [0.05, 0.1) is 0 Å². The molecule has 0 radical (unpaired) electrons. The normalized spacial score (nSPS) is 13.8. The molecule has 0 unspecified atom stereocenters. The second kappa shape index (κ2) is 4.13. The van der Waals surface area contributed by atoms with Gasteiger partial charge in [0.1, 0.15) is 0 Å². The molecule has 12 heavy (non-hydrogen) atoms. The molecular formula is C2HF6KO2S. The Morgan fingerprint density at radius 1 is 0.750 bits per heavy atom. The van der Waals surface area contributed by atoms with Crippen LogP contribution >= 0.6 is 0 Å². The first kappa shape index (κ1) is 15.6. The topological polar surface area (TPSA) is 34.1 Å². The number of sulfone groups is 1. The van der Waals surface area contributed by atoms with E-state index in [2.05, 4.69) is 0 Å². The van der Waals surface area contributed by atoms with Gasteiger partial charge in [0.2, 0.25) is 0 Å². The van der Waals surface area contributed by atoms with Crippen molar-refractivity contribution in [3.05, 3.63) is 0 Å². The Morgan fingerprint density at radius 2 is 0.917 bits per heavy atom. The van der Waals surface area contributed by atoms with Crippen molar-refractivity contribution < 1.29 is 34.8 Å². The summed E-state index contributed by atoms with van der Waals surface area (Å²) < 4.78 is 85.0. The first-order chi connectivity index (χ1) is 4.50. The molecule has 0 aliphatic heterocycles. The summed E-state index contributed by atoms with van der Waals surface area (Å²) in [6, 6.07) is 0. The van der Waals surface area contributed by atoms with Crippen LogP contribution in [0.25, 0.3) is 0 Å². The van der Waals surface area contributed by atoms with E-state index in [0.29, 0.717) is 0 Å². The molecule has 0 N–H and O–H groups in total. The number of halogens is 6. The van der Waals surface area contributed by atoms with Crippen LogP contribution in [0.15, 0.2) is 0 Å². The van der Waals surface area contributed by atoms with Crippen LogP contribution in [0.2, 0.25) is 0 Å². The third-order valence-electron chi connectivity index (χ3n) is 0.609. The van der Waals surface area contributed by atoms with Gasteiger partial charge >= 0.3 is 72.2 Å². The Morgan fingerprint density at radius 3 is 0.917 bits per heavy atom. The van der Waals surface area contributed by atoms with E-state index in [9.17, 15) is 34.8 Å². The zero-order valence-corrected chi connectivity index (χ0v) is 5.31. The molecule has 0 atom stereocenters. The fraction of sp³-hybridized carbons (Fsp3) is 1.00. The molecule has 0 aliphatic rings. The Balaban J connectivity index is 0. The molecule has 0 heterocycles. The molecule has 0 amide bonds. The fourth-order valence-corrected chi connectivity index (χ4v) is 0.394. The monoisotopic (exact) mass is 242 g/mol. The Hall–Kier alpha value is 1.17. The molecule has 0 fully saturated rings. The van der Waals surface area contributed by atoms with Gasteiger partial charge in [-0.05, 0) is 0 Å². The molecule has 0 aromatic rings. The number of hydrogen-bond acceptors (Lipinski definition) is 2. The minimum absolute atomic E-state index is 0. The SMILES string of the molecule is O=S(=O)(C(F)(F)F)C(F)(F)F.[KH]. The van der Waals surface area contributed by atoms with E-state index in [1.54, 1.807) is 0 Å². The predicted molar refractivity (Wildman–Crippen MR) is 28.2 cm³/mol. The van der Waals surface area contributed by atoms with E-state index in [1.165, 1.54) is 0 Å². The van der Waals surface area contributed by atoms with Crippen molar-refractivity contribution in [2.24, 2.45) is 0 Å². The quantitative estimate of drug-likeness (QED) is 0.465. The van der Waals surface area contributed by atoms with Gasteiger partial charge in [-0.15, -0.1) is 0 Å². The molecule has 0 saturated carbocycles. The summed E-state index contributed by atoms with van der Waals surface area (Å²) in [5.74, 6) is 0. The van der Waals surface area contributed by atoms with Crippen LogP contribution in [-0.2, 0) is 9.84 Å². The van der Waals surface area contributed by atoms with E-state index in [0.717, 1.165) is 0 Å². The van der Waals surface area contributed by atoms with Crippen molar-refractivity contribution in [3.8, 4) is 0 Å². The second-order valence-electron chi connectivity index (χ2n) is 1.39. The van der Waals surface area contributed by atoms with Crippen molar-refractivity contribution in [2.75, 3.05) is 0 Å². The van der Waals surface area contributed by atoms with Crippen molar-refractivity contribution in [1.82, 2.24) is 0 Å². The van der Waals surface area contributed by atoms with Crippen molar-refractivity contribution >= 4 is 61.2 Å². The van der Waals surface area contributed by atoms with Gasteiger partial charge in [-0.25, -0.2) is 8.42 Å². The van der Waals surface area contributed by atoms with Crippen LogP contribution in [0.1, 0.15) is 0 Å². The van der Waals surface area contributed by atoms with Crippen LogP contribution in [-0.4, -0.2) is 70.8 Å². The van der Waals surface area contributed by atoms with Crippen LogP contribution in [0.3, 0.4) is 0 Å². The Labute approximate surface area is 106 Å². The number of rotatable bonds is 0. The molecule has 0 aromatic carbocycles. The maximum absolute atomic E-state index is 11.0. The summed E-state index contributed by atoms with van der Waals surface area (Å²) in [7, 11) is -7.01. The fourth-order valence-electron chi connectivity index (χ4n) is 0.131. The minimum atomic E-state index is -7.01. The van der Waals surface area contributed by atoms with Crippen LogP contribution in [0.4, 0.5) is 26.3 Å². The number of hydrogen-bond donors (Lipinski definition) is 0. The van der Waals surface area contributed by atoms with Crippen LogP contribution in [0.5, 0.6) is 0 Å². The van der Waals surface area contributed by atoms with Gasteiger partial charge in [-0.1, -0.05) is 0 Å². The zero-order valence-electron chi connectivity index (χ0n) is 4.49. The molecule has 2 nitrogen and oxygen atoms in total. The molecule has 0 aliphatic carbocycles. The first-order valence-electron chi connectivity index (χ1n) is 1.88. The van der Waals surface area contributed by atoms with E-state index >= 15 is 0 Å². The molecule has 0 aromatic heterocycles. The molecular weight excluding hydrogens is 241 g/mol. The third kappa shape index (κ3) is 3.14. The molecule has 10 heteroatoms. The average molecular weight is 242 g/mol. The van der Waals surface area contributed by atoms with E-state index in [1.807, 2.05) is 0 Å². The third-order valence-corrected chi connectivity index (χ3v) is 1.83. The van der Waals surface area contributed by atoms with Gasteiger partial charge in [-0.3, -0.25) is 0 Å². The second-order valence-corrected chi connectivity index (χ2v) is 3.33. The van der Waals surface area contributed by atoms with Gasteiger partial charge in [0.25, 0.3) is 0 Å². The van der Waals surface area contributed by atoms with Gasteiger partial charge < -0.3 is 0 Å². The van der Waals surface area contributed by atoms with E-state index < -0.39 is 20.9 Å². The molecule has 0 spiro atoms. The predicted octanol–water partition coefficient (Wildman–Crippen LogP) is 0.792. The van der Waals surface area contributed by atoms with Gasteiger partial charge in [0, 0.05) is 0 Å². The standard InChI is InChI=1S/C2F6O2S.K.H/c3-1(4,5)11(9,10)2(6,7)8;;.